The van der Waals surface area contributed by atoms with E-state index in [-0.39, 0.29) is 12.4 Å². The summed E-state index contributed by atoms with van der Waals surface area (Å²) in [6.45, 7) is 1.67. The van der Waals surface area contributed by atoms with Gasteiger partial charge >= 0.3 is 12.1 Å². The molecule has 2 atom stereocenters. The van der Waals surface area contributed by atoms with Gasteiger partial charge in [-0.1, -0.05) is 42.5 Å². The minimum Gasteiger partial charge on any atom is -0.465 e. The molecule has 2 aromatic rings. The first-order chi connectivity index (χ1) is 13.3. The highest BCUT2D eigenvalue weighted by Gasteiger charge is 2.41. The van der Waals surface area contributed by atoms with Gasteiger partial charge in [0.2, 0.25) is 5.91 Å². The lowest BCUT2D eigenvalue weighted by Crippen LogP contribution is -2.47. The maximum atomic E-state index is 12.8. The van der Waals surface area contributed by atoms with Crippen LogP contribution in [0, 0.1) is 5.92 Å². The van der Waals surface area contributed by atoms with Gasteiger partial charge in [0.25, 0.3) is 0 Å². The Kier molecular flexibility index (Phi) is 5.48. The fourth-order valence-corrected chi connectivity index (χ4v) is 2.93. The maximum Gasteiger partial charge on any atom is 0.416 e. The molecule has 1 heterocycles. The Balaban J connectivity index is 2.04. The van der Waals surface area contributed by atoms with Crippen LogP contribution in [0.25, 0.3) is 0 Å². The Morgan fingerprint density at radius 2 is 1.75 bits per heavy atom. The Hall–Kier alpha value is -3.16. The molecule has 0 aromatic heterocycles. The second kappa shape index (κ2) is 7.84. The molecule has 28 heavy (non-hydrogen) atoms. The zero-order valence-electron chi connectivity index (χ0n) is 14.9. The predicted octanol–water partition coefficient (Wildman–Crippen LogP) is 3.50. The lowest BCUT2D eigenvalue weighted by atomic mass is 9.90. The molecule has 0 radical (unpaired) electrons. The fourth-order valence-electron chi connectivity index (χ4n) is 2.93. The van der Waals surface area contributed by atoms with Crippen LogP contribution >= 0.6 is 0 Å². The third-order valence-electron chi connectivity index (χ3n) is 4.28. The maximum absolute atomic E-state index is 12.8. The molecule has 1 N–H and O–H groups in total. The Morgan fingerprint density at radius 3 is 2.32 bits per heavy atom. The molecule has 1 amide bonds. The molecule has 1 aliphatic heterocycles. The van der Waals surface area contributed by atoms with Gasteiger partial charge < -0.3 is 10.1 Å². The lowest BCUT2D eigenvalue weighted by molar-refractivity contribution is -0.153. The zero-order chi connectivity index (χ0) is 20.3. The molecule has 0 aliphatic carbocycles. The number of amidine groups is 1. The van der Waals surface area contributed by atoms with Gasteiger partial charge in [-0.3, -0.25) is 14.6 Å². The highest BCUT2D eigenvalue weighted by molar-refractivity contribution is 6.14. The van der Waals surface area contributed by atoms with E-state index in [1.807, 2.05) is 0 Å². The van der Waals surface area contributed by atoms with Crippen LogP contribution in [0.15, 0.2) is 59.6 Å². The summed E-state index contributed by atoms with van der Waals surface area (Å²) in [6.07, 6.45) is -4.48. The van der Waals surface area contributed by atoms with E-state index in [1.54, 1.807) is 37.3 Å². The minimum atomic E-state index is -4.48. The molecule has 146 valence electrons. The molecule has 3 rings (SSSR count). The summed E-state index contributed by atoms with van der Waals surface area (Å²) in [6, 6.07) is 12.0. The van der Waals surface area contributed by atoms with Crippen molar-refractivity contribution in [1.29, 1.82) is 0 Å². The molecular weight excluding hydrogens is 373 g/mol. The van der Waals surface area contributed by atoms with Gasteiger partial charge in [-0.15, -0.1) is 0 Å². The molecule has 0 saturated heterocycles. The second-order valence-corrected chi connectivity index (χ2v) is 6.13. The van der Waals surface area contributed by atoms with E-state index >= 15 is 0 Å². The van der Waals surface area contributed by atoms with Crippen LogP contribution in [0.4, 0.5) is 13.2 Å². The number of carbonyl (C=O) groups is 2. The molecule has 5 nitrogen and oxygen atoms in total. The lowest BCUT2D eigenvalue weighted by Gasteiger charge is -2.28. The van der Waals surface area contributed by atoms with Crippen molar-refractivity contribution in [3.63, 3.8) is 0 Å². The summed E-state index contributed by atoms with van der Waals surface area (Å²) in [7, 11) is 0. The summed E-state index contributed by atoms with van der Waals surface area (Å²) >= 11 is 0. The van der Waals surface area contributed by atoms with Crippen molar-refractivity contribution in [3.05, 3.63) is 71.3 Å². The second-order valence-electron chi connectivity index (χ2n) is 6.13. The molecular formula is C20H17F3N2O3. The van der Waals surface area contributed by atoms with Crippen molar-refractivity contribution in [1.82, 2.24) is 5.32 Å². The number of carbonyl (C=O) groups excluding carboxylic acids is 2. The number of hydrogen-bond donors (Lipinski definition) is 1. The molecule has 2 aromatic carbocycles. The van der Waals surface area contributed by atoms with Gasteiger partial charge in [-0.05, 0) is 24.6 Å². The molecule has 0 spiro atoms. The molecule has 0 unspecified atom stereocenters. The number of rotatable bonds is 4. The molecule has 0 fully saturated rings. The van der Waals surface area contributed by atoms with E-state index in [0.29, 0.717) is 11.1 Å². The first-order valence-corrected chi connectivity index (χ1v) is 8.59. The monoisotopic (exact) mass is 390 g/mol. The van der Waals surface area contributed by atoms with Crippen molar-refractivity contribution in [2.75, 3.05) is 6.61 Å². The topological polar surface area (TPSA) is 67.8 Å². The van der Waals surface area contributed by atoms with E-state index in [1.165, 1.54) is 12.1 Å². The smallest absolute Gasteiger partial charge is 0.416 e. The Labute approximate surface area is 159 Å². The minimum absolute atomic E-state index is 0.0671. The number of hydrogen-bond acceptors (Lipinski definition) is 4. The fraction of sp³-hybridized carbons (Fsp3) is 0.250. The van der Waals surface area contributed by atoms with Crippen LogP contribution in [0.2, 0.25) is 0 Å². The van der Waals surface area contributed by atoms with Crippen molar-refractivity contribution >= 4 is 17.7 Å². The zero-order valence-corrected chi connectivity index (χ0v) is 14.9. The standard InChI is InChI=1S/C20H17F3N2O3/c1-2-28-19(27)15-16(12-8-10-14(11-9-12)20(21,22)23)24-17(25-18(15)26)13-6-4-3-5-7-13/h3-11,15-16H,2H2,1H3,(H,24,25,26)/t15-,16-/m1/s1. The highest BCUT2D eigenvalue weighted by Crippen LogP contribution is 2.34. The highest BCUT2D eigenvalue weighted by atomic mass is 19.4. The van der Waals surface area contributed by atoms with Crippen LogP contribution in [-0.2, 0) is 20.5 Å². The van der Waals surface area contributed by atoms with Crippen molar-refractivity contribution in [2.45, 2.75) is 19.1 Å². The summed E-state index contributed by atoms with van der Waals surface area (Å²) in [4.78, 5) is 29.4. The van der Waals surface area contributed by atoms with E-state index < -0.39 is 35.6 Å². The third-order valence-corrected chi connectivity index (χ3v) is 4.28. The van der Waals surface area contributed by atoms with Crippen LogP contribution in [0.5, 0.6) is 0 Å². The van der Waals surface area contributed by atoms with Crippen LogP contribution in [0.1, 0.15) is 29.7 Å². The third kappa shape index (κ3) is 4.05. The van der Waals surface area contributed by atoms with Crippen molar-refractivity contribution < 1.29 is 27.5 Å². The summed E-state index contributed by atoms with van der Waals surface area (Å²) in [5.41, 5.74) is 0.112. The van der Waals surface area contributed by atoms with Crippen LogP contribution in [-0.4, -0.2) is 24.3 Å². The molecule has 0 bridgehead atoms. The number of benzene rings is 2. The van der Waals surface area contributed by atoms with Gasteiger partial charge in [0, 0.05) is 5.56 Å². The van der Waals surface area contributed by atoms with E-state index in [0.717, 1.165) is 12.1 Å². The first-order valence-electron chi connectivity index (χ1n) is 8.59. The van der Waals surface area contributed by atoms with Gasteiger partial charge in [0.05, 0.1) is 18.2 Å². The number of amides is 1. The number of halogens is 3. The van der Waals surface area contributed by atoms with Gasteiger partial charge in [0.1, 0.15) is 5.84 Å². The van der Waals surface area contributed by atoms with E-state index in [9.17, 15) is 22.8 Å². The number of nitrogens with zero attached hydrogens (tertiary/aromatic N) is 1. The van der Waals surface area contributed by atoms with Crippen LogP contribution < -0.4 is 5.32 Å². The average Bonchev–Trinajstić information content (AvgIpc) is 2.67. The SMILES string of the molecule is CCOC(=O)[C@H]1C(=O)NC(c2ccccc2)=N[C@@H]1c1ccc(C(F)(F)F)cc1. The van der Waals surface area contributed by atoms with Gasteiger partial charge in [0.15, 0.2) is 5.92 Å². The number of ether oxygens (including phenoxy) is 1. The summed E-state index contributed by atoms with van der Waals surface area (Å²) in [5.74, 6) is -2.43. The quantitative estimate of drug-likeness (QED) is 0.642. The molecule has 8 heteroatoms. The first kappa shape index (κ1) is 19.6. The normalized spacial score (nSPS) is 19.6. The molecule has 1 aliphatic rings. The Morgan fingerprint density at radius 1 is 1.11 bits per heavy atom. The van der Waals surface area contributed by atoms with Gasteiger partial charge in [-0.25, -0.2) is 0 Å². The number of aliphatic imine (C=N–C) groups is 1. The average molecular weight is 390 g/mol. The Bertz CT molecular complexity index is 893. The largest absolute Gasteiger partial charge is 0.465 e. The predicted molar refractivity (Wildman–Crippen MR) is 95.4 cm³/mol. The van der Waals surface area contributed by atoms with E-state index in [2.05, 4.69) is 10.3 Å². The van der Waals surface area contributed by atoms with Crippen LogP contribution in [0.3, 0.4) is 0 Å². The summed E-state index contributed by atoms with van der Waals surface area (Å²) in [5, 5.41) is 2.59. The van der Waals surface area contributed by atoms with Crippen molar-refractivity contribution in [3.8, 4) is 0 Å². The molecule has 0 saturated carbocycles. The van der Waals surface area contributed by atoms with Crippen molar-refractivity contribution in [2.24, 2.45) is 10.9 Å². The number of esters is 1. The van der Waals surface area contributed by atoms with E-state index in [4.69, 9.17) is 4.74 Å². The summed E-state index contributed by atoms with van der Waals surface area (Å²) < 4.78 is 43.5. The number of nitrogens with one attached hydrogen (secondary N) is 1. The van der Waals surface area contributed by atoms with Gasteiger partial charge in [-0.2, -0.15) is 13.2 Å². The number of alkyl halides is 3.